The molecular weight excluding hydrogens is 142 g/mol. The monoisotopic (exact) mass is 157 g/mol. The Bertz CT molecular complexity index is 143. The summed E-state index contributed by atoms with van der Waals surface area (Å²) in [4.78, 5) is 12.9. The van der Waals surface area contributed by atoms with Crippen LogP contribution in [-0.4, -0.2) is 43.5 Å². The summed E-state index contributed by atoms with van der Waals surface area (Å²) in [7, 11) is 1.66. The molecule has 11 heavy (non-hydrogen) atoms. The van der Waals surface area contributed by atoms with Gasteiger partial charge in [0.25, 0.3) is 0 Å². The molecule has 0 saturated carbocycles. The Balaban J connectivity index is 2.00. The van der Waals surface area contributed by atoms with Crippen molar-refractivity contribution < 1.29 is 4.79 Å². The second-order valence-electron chi connectivity index (χ2n) is 2.94. The van der Waals surface area contributed by atoms with Crippen LogP contribution in [0.1, 0.15) is 6.42 Å². The van der Waals surface area contributed by atoms with E-state index in [0.717, 1.165) is 19.6 Å². The van der Waals surface area contributed by atoms with E-state index in [2.05, 4.69) is 10.2 Å². The van der Waals surface area contributed by atoms with Gasteiger partial charge in [-0.05, 0) is 0 Å². The molecule has 1 heterocycles. The summed E-state index contributed by atoms with van der Waals surface area (Å²) in [6.07, 6.45) is 0.587. The number of carbonyl (C=O) groups excluding carboxylic acids is 1. The second kappa shape index (κ2) is 3.69. The van der Waals surface area contributed by atoms with E-state index in [-0.39, 0.29) is 5.91 Å². The number of hydrogen-bond acceptors (Lipinski definition) is 3. The summed E-state index contributed by atoms with van der Waals surface area (Å²) in [5.41, 5.74) is 5.57. The Hall–Kier alpha value is -0.610. The zero-order valence-corrected chi connectivity index (χ0v) is 6.84. The van der Waals surface area contributed by atoms with Crippen LogP contribution >= 0.6 is 0 Å². The largest absolute Gasteiger partial charge is 0.359 e. The number of hydrogen-bond donors (Lipinski definition) is 2. The second-order valence-corrected chi connectivity index (χ2v) is 2.94. The highest BCUT2D eigenvalue weighted by molar-refractivity contribution is 5.75. The normalized spacial score (nSPS) is 19.5. The number of nitrogens with zero attached hydrogens (tertiary/aromatic N) is 1. The van der Waals surface area contributed by atoms with Crippen LogP contribution < -0.4 is 11.1 Å². The van der Waals surface area contributed by atoms with E-state index in [4.69, 9.17) is 5.73 Å². The zero-order valence-electron chi connectivity index (χ0n) is 6.84. The predicted molar refractivity (Wildman–Crippen MR) is 43.1 cm³/mol. The lowest BCUT2D eigenvalue weighted by Gasteiger charge is -2.36. The van der Waals surface area contributed by atoms with Gasteiger partial charge in [0.05, 0.1) is 0 Å². The van der Waals surface area contributed by atoms with Gasteiger partial charge in [-0.1, -0.05) is 0 Å². The summed E-state index contributed by atoms with van der Waals surface area (Å²) in [6.45, 7) is 2.72. The maximum atomic E-state index is 10.8. The fourth-order valence-electron chi connectivity index (χ4n) is 1.18. The van der Waals surface area contributed by atoms with Crippen molar-refractivity contribution in [1.29, 1.82) is 0 Å². The van der Waals surface area contributed by atoms with Gasteiger partial charge in [-0.2, -0.15) is 0 Å². The Morgan fingerprint density at radius 3 is 2.82 bits per heavy atom. The molecule has 0 radical (unpaired) electrons. The first-order valence-corrected chi connectivity index (χ1v) is 3.91. The fourth-order valence-corrected chi connectivity index (χ4v) is 1.18. The van der Waals surface area contributed by atoms with Crippen molar-refractivity contribution in [1.82, 2.24) is 10.2 Å². The lowest BCUT2D eigenvalue weighted by Crippen LogP contribution is -2.56. The maximum Gasteiger partial charge on any atom is 0.221 e. The first kappa shape index (κ1) is 8.49. The van der Waals surface area contributed by atoms with Gasteiger partial charge >= 0.3 is 0 Å². The molecule has 1 saturated heterocycles. The number of amides is 1. The molecule has 0 aromatic carbocycles. The zero-order chi connectivity index (χ0) is 8.27. The highest BCUT2D eigenvalue weighted by Gasteiger charge is 2.22. The Morgan fingerprint density at radius 2 is 2.36 bits per heavy atom. The van der Waals surface area contributed by atoms with E-state index in [1.807, 2.05) is 0 Å². The summed E-state index contributed by atoms with van der Waals surface area (Å²) in [6, 6.07) is 0.333. The Morgan fingerprint density at radius 1 is 1.73 bits per heavy atom. The van der Waals surface area contributed by atoms with Crippen molar-refractivity contribution in [2.24, 2.45) is 5.73 Å². The third-order valence-corrected chi connectivity index (χ3v) is 1.92. The molecular formula is C7H15N3O. The minimum Gasteiger partial charge on any atom is -0.359 e. The molecule has 0 aromatic rings. The van der Waals surface area contributed by atoms with Gasteiger partial charge in [0, 0.05) is 39.1 Å². The van der Waals surface area contributed by atoms with E-state index in [1.54, 1.807) is 7.05 Å². The summed E-state index contributed by atoms with van der Waals surface area (Å²) in [5, 5.41) is 2.58. The fraction of sp³-hybridized carbons (Fsp3) is 0.857. The van der Waals surface area contributed by atoms with Crippen LogP contribution in [0.2, 0.25) is 0 Å². The topological polar surface area (TPSA) is 58.4 Å². The van der Waals surface area contributed by atoms with Crippen LogP contribution in [0.25, 0.3) is 0 Å². The van der Waals surface area contributed by atoms with E-state index < -0.39 is 0 Å². The van der Waals surface area contributed by atoms with E-state index >= 15 is 0 Å². The maximum absolute atomic E-state index is 10.8. The summed E-state index contributed by atoms with van der Waals surface area (Å²) in [5.74, 6) is 0.102. The van der Waals surface area contributed by atoms with E-state index in [0.29, 0.717) is 12.5 Å². The van der Waals surface area contributed by atoms with Crippen LogP contribution in [0.4, 0.5) is 0 Å². The minimum absolute atomic E-state index is 0.102. The van der Waals surface area contributed by atoms with Gasteiger partial charge in [-0.25, -0.2) is 0 Å². The molecule has 4 nitrogen and oxygen atoms in total. The molecule has 1 rings (SSSR count). The highest BCUT2D eigenvalue weighted by Crippen LogP contribution is 2.04. The van der Waals surface area contributed by atoms with E-state index in [9.17, 15) is 4.79 Å². The average Bonchev–Trinajstić information content (AvgIpc) is 1.95. The molecule has 0 aliphatic carbocycles. The SMILES string of the molecule is CNC(=O)CCN1CC(N)C1. The molecule has 0 aromatic heterocycles. The minimum atomic E-state index is 0.102. The van der Waals surface area contributed by atoms with Crippen molar-refractivity contribution in [3.8, 4) is 0 Å². The standard InChI is InChI=1S/C7H15N3O/c1-9-7(11)2-3-10-4-6(8)5-10/h6H,2-5,8H2,1H3,(H,9,11). The van der Waals surface area contributed by atoms with Crippen molar-refractivity contribution in [2.75, 3.05) is 26.7 Å². The van der Waals surface area contributed by atoms with Crippen molar-refractivity contribution in [2.45, 2.75) is 12.5 Å². The molecule has 1 amide bonds. The molecule has 64 valence electrons. The van der Waals surface area contributed by atoms with Crippen molar-refractivity contribution in [3.05, 3.63) is 0 Å². The van der Waals surface area contributed by atoms with Gasteiger partial charge < -0.3 is 11.1 Å². The van der Waals surface area contributed by atoms with Crippen LogP contribution in [0.15, 0.2) is 0 Å². The third kappa shape index (κ3) is 2.48. The lowest BCUT2D eigenvalue weighted by atomic mass is 10.1. The molecule has 1 aliphatic heterocycles. The van der Waals surface area contributed by atoms with E-state index in [1.165, 1.54) is 0 Å². The first-order valence-electron chi connectivity index (χ1n) is 3.91. The predicted octanol–water partition coefficient (Wildman–Crippen LogP) is -1.23. The lowest BCUT2D eigenvalue weighted by molar-refractivity contribution is -0.121. The third-order valence-electron chi connectivity index (χ3n) is 1.92. The van der Waals surface area contributed by atoms with Gasteiger partial charge in [0.15, 0.2) is 0 Å². The Labute approximate surface area is 66.7 Å². The number of likely N-dealkylation sites (tertiary alicyclic amines) is 1. The number of carbonyl (C=O) groups is 1. The van der Waals surface area contributed by atoms with Crippen molar-refractivity contribution in [3.63, 3.8) is 0 Å². The molecule has 4 heteroatoms. The van der Waals surface area contributed by atoms with Gasteiger partial charge in [-0.3, -0.25) is 9.69 Å². The summed E-state index contributed by atoms with van der Waals surface area (Å²) < 4.78 is 0. The highest BCUT2D eigenvalue weighted by atomic mass is 16.1. The van der Waals surface area contributed by atoms with Crippen LogP contribution in [0.5, 0.6) is 0 Å². The number of rotatable bonds is 3. The van der Waals surface area contributed by atoms with Gasteiger partial charge in [0.1, 0.15) is 0 Å². The van der Waals surface area contributed by atoms with Gasteiger partial charge in [0.2, 0.25) is 5.91 Å². The van der Waals surface area contributed by atoms with Crippen LogP contribution in [0, 0.1) is 0 Å². The average molecular weight is 157 g/mol. The molecule has 0 bridgehead atoms. The smallest absolute Gasteiger partial charge is 0.221 e. The Kier molecular flexibility index (Phi) is 2.84. The molecule has 0 unspecified atom stereocenters. The van der Waals surface area contributed by atoms with Crippen LogP contribution in [-0.2, 0) is 4.79 Å². The van der Waals surface area contributed by atoms with Crippen LogP contribution in [0.3, 0.4) is 0 Å². The quantitative estimate of drug-likeness (QED) is 0.539. The van der Waals surface area contributed by atoms with Gasteiger partial charge in [-0.15, -0.1) is 0 Å². The molecule has 3 N–H and O–H groups in total. The molecule has 1 aliphatic rings. The number of nitrogens with one attached hydrogen (secondary N) is 1. The van der Waals surface area contributed by atoms with Crippen molar-refractivity contribution >= 4 is 5.91 Å². The summed E-state index contributed by atoms with van der Waals surface area (Å²) >= 11 is 0. The molecule has 1 fully saturated rings. The first-order chi connectivity index (χ1) is 5.22. The molecule has 0 spiro atoms. The molecule has 0 atom stereocenters. The number of nitrogens with two attached hydrogens (primary N) is 1.